The third-order valence-electron chi connectivity index (χ3n) is 4.65. The van der Waals surface area contributed by atoms with Crippen molar-refractivity contribution in [2.24, 2.45) is 5.92 Å². The van der Waals surface area contributed by atoms with Gasteiger partial charge in [-0.15, -0.1) is 0 Å². The minimum absolute atomic E-state index is 0.247. The molecule has 1 amide bonds. The predicted molar refractivity (Wildman–Crippen MR) is 80.6 cm³/mol. The first-order chi connectivity index (χ1) is 9.71. The fraction of sp³-hybridized carbons (Fsp3) is 0.938. The molecule has 2 N–H and O–H groups in total. The zero-order valence-corrected chi connectivity index (χ0v) is 13.0. The van der Waals surface area contributed by atoms with Crippen molar-refractivity contribution in [3.05, 3.63) is 0 Å². The van der Waals surface area contributed by atoms with E-state index >= 15 is 0 Å². The summed E-state index contributed by atoms with van der Waals surface area (Å²) in [5.74, 6) is 0.793. The van der Waals surface area contributed by atoms with Crippen LogP contribution in [0, 0.1) is 5.92 Å². The van der Waals surface area contributed by atoms with E-state index < -0.39 is 0 Å². The smallest absolute Gasteiger partial charge is 0.220 e. The second kappa shape index (κ2) is 7.99. The molecule has 2 aliphatic carbocycles. The molecule has 0 aromatic rings. The lowest BCUT2D eigenvalue weighted by Crippen LogP contribution is -2.43. The zero-order chi connectivity index (χ0) is 14.4. The van der Waals surface area contributed by atoms with Gasteiger partial charge in [0.2, 0.25) is 5.91 Å². The van der Waals surface area contributed by atoms with Crippen molar-refractivity contribution >= 4 is 5.91 Å². The van der Waals surface area contributed by atoms with Gasteiger partial charge in [-0.2, -0.15) is 0 Å². The summed E-state index contributed by atoms with van der Waals surface area (Å²) in [6, 6.07) is 1.06. The average molecular weight is 282 g/mol. The minimum atomic E-state index is 0.247. The highest BCUT2D eigenvalue weighted by molar-refractivity contribution is 5.76. The molecule has 0 unspecified atom stereocenters. The molecular weight excluding hydrogens is 252 g/mol. The van der Waals surface area contributed by atoms with Gasteiger partial charge in [-0.1, -0.05) is 6.92 Å². The van der Waals surface area contributed by atoms with E-state index in [1.165, 1.54) is 12.8 Å². The van der Waals surface area contributed by atoms with E-state index in [1.807, 2.05) is 6.92 Å². The van der Waals surface area contributed by atoms with Gasteiger partial charge in [0, 0.05) is 25.1 Å². The first-order valence-corrected chi connectivity index (χ1v) is 8.35. The Kier molecular flexibility index (Phi) is 6.30. The topological polar surface area (TPSA) is 50.4 Å². The number of amides is 1. The molecule has 0 aromatic carbocycles. The van der Waals surface area contributed by atoms with Gasteiger partial charge in [0.15, 0.2) is 0 Å². The Bertz CT molecular complexity index is 295. The highest BCUT2D eigenvalue weighted by atomic mass is 16.5. The van der Waals surface area contributed by atoms with Crippen LogP contribution in [0.4, 0.5) is 0 Å². The molecule has 2 rings (SSSR count). The van der Waals surface area contributed by atoms with E-state index in [1.54, 1.807) is 0 Å². The lowest BCUT2D eigenvalue weighted by molar-refractivity contribution is -0.125. The van der Waals surface area contributed by atoms with Crippen LogP contribution in [0.5, 0.6) is 0 Å². The van der Waals surface area contributed by atoms with E-state index in [9.17, 15) is 4.79 Å². The monoisotopic (exact) mass is 282 g/mol. The molecule has 0 aliphatic heterocycles. The van der Waals surface area contributed by atoms with Crippen LogP contribution in [0.2, 0.25) is 0 Å². The molecule has 0 saturated heterocycles. The van der Waals surface area contributed by atoms with Crippen molar-refractivity contribution in [1.29, 1.82) is 0 Å². The molecule has 2 aliphatic rings. The number of carbonyl (C=O) groups excluding carboxylic acids is 1. The van der Waals surface area contributed by atoms with E-state index in [-0.39, 0.29) is 5.91 Å². The van der Waals surface area contributed by atoms with Gasteiger partial charge in [-0.3, -0.25) is 4.79 Å². The SMILES string of the molecule is CCNC1CCC(NC(=O)CC2CC(OCC)C2)CC1. The van der Waals surface area contributed by atoms with Gasteiger partial charge in [0.25, 0.3) is 0 Å². The quantitative estimate of drug-likeness (QED) is 0.753. The Morgan fingerprint density at radius 1 is 1.10 bits per heavy atom. The van der Waals surface area contributed by atoms with Gasteiger partial charge in [0.05, 0.1) is 6.10 Å². The molecule has 0 aromatic heterocycles. The van der Waals surface area contributed by atoms with Gasteiger partial charge >= 0.3 is 0 Å². The van der Waals surface area contributed by atoms with Gasteiger partial charge < -0.3 is 15.4 Å². The molecule has 20 heavy (non-hydrogen) atoms. The first-order valence-electron chi connectivity index (χ1n) is 8.35. The fourth-order valence-corrected chi connectivity index (χ4v) is 3.49. The number of hydrogen-bond acceptors (Lipinski definition) is 3. The number of nitrogens with one attached hydrogen (secondary N) is 2. The first kappa shape index (κ1) is 15.8. The van der Waals surface area contributed by atoms with Crippen LogP contribution in [0.1, 0.15) is 58.8 Å². The van der Waals surface area contributed by atoms with Crippen molar-refractivity contribution < 1.29 is 9.53 Å². The van der Waals surface area contributed by atoms with E-state index in [2.05, 4.69) is 17.6 Å². The molecule has 116 valence electrons. The standard InChI is InChI=1S/C16H30N2O2/c1-3-17-13-5-7-14(8-6-13)18-16(19)11-12-9-15(10-12)20-4-2/h12-15,17H,3-11H2,1-2H3,(H,18,19). The summed E-state index contributed by atoms with van der Waals surface area (Å²) >= 11 is 0. The van der Waals surface area contributed by atoms with Crippen LogP contribution < -0.4 is 10.6 Å². The largest absolute Gasteiger partial charge is 0.378 e. The van der Waals surface area contributed by atoms with Crippen molar-refractivity contribution in [2.45, 2.75) is 77.0 Å². The Morgan fingerprint density at radius 3 is 2.35 bits per heavy atom. The second-order valence-electron chi connectivity index (χ2n) is 6.29. The van der Waals surface area contributed by atoms with Crippen molar-refractivity contribution in [3.63, 3.8) is 0 Å². The molecule has 0 bridgehead atoms. The number of carbonyl (C=O) groups is 1. The molecule has 4 nitrogen and oxygen atoms in total. The third-order valence-corrected chi connectivity index (χ3v) is 4.65. The van der Waals surface area contributed by atoms with Crippen molar-refractivity contribution in [3.8, 4) is 0 Å². The maximum Gasteiger partial charge on any atom is 0.220 e. The van der Waals surface area contributed by atoms with Crippen LogP contribution in [-0.4, -0.2) is 37.2 Å². The Balaban J connectivity index is 1.57. The van der Waals surface area contributed by atoms with Crippen molar-refractivity contribution in [2.75, 3.05) is 13.2 Å². The van der Waals surface area contributed by atoms with Crippen LogP contribution >= 0.6 is 0 Å². The molecule has 0 heterocycles. The lowest BCUT2D eigenvalue weighted by Gasteiger charge is -2.35. The average Bonchev–Trinajstić information content (AvgIpc) is 2.39. The maximum atomic E-state index is 12.0. The normalized spacial score (nSPS) is 33.5. The number of hydrogen-bond donors (Lipinski definition) is 2. The highest BCUT2D eigenvalue weighted by Crippen LogP contribution is 2.32. The maximum absolute atomic E-state index is 12.0. The summed E-state index contributed by atoms with van der Waals surface area (Å²) in [6.45, 7) is 6.02. The second-order valence-corrected chi connectivity index (χ2v) is 6.29. The summed E-state index contributed by atoms with van der Waals surface area (Å²) in [4.78, 5) is 12.0. The highest BCUT2D eigenvalue weighted by Gasteiger charge is 2.31. The molecule has 2 saturated carbocycles. The number of rotatable bonds is 7. The summed E-state index contributed by atoms with van der Waals surface area (Å²) in [7, 11) is 0. The Morgan fingerprint density at radius 2 is 1.75 bits per heavy atom. The third kappa shape index (κ3) is 4.74. The van der Waals surface area contributed by atoms with Gasteiger partial charge in [0.1, 0.15) is 0 Å². The Hall–Kier alpha value is -0.610. The summed E-state index contributed by atoms with van der Waals surface area (Å²) in [6.07, 6.45) is 7.85. The van der Waals surface area contributed by atoms with E-state index in [0.29, 0.717) is 30.5 Å². The molecular formula is C16H30N2O2. The van der Waals surface area contributed by atoms with E-state index in [0.717, 1.165) is 38.8 Å². The molecule has 0 radical (unpaired) electrons. The van der Waals surface area contributed by atoms with Crippen LogP contribution in [0.15, 0.2) is 0 Å². The minimum Gasteiger partial charge on any atom is -0.378 e. The summed E-state index contributed by atoms with van der Waals surface area (Å²) in [5.41, 5.74) is 0. The zero-order valence-electron chi connectivity index (χ0n) is 13.0. The molecule has 0 spiro atoms. The fourth-order valence-electron chi connectivity index (χ4n) is 3.49. The number of ether oxygens (including phenoxy) is 1. The van der Waals surface area contributed by atoms with Gasteiger partial charge in [-0.05, 0) is 57.9 Å². The van der Waals surface area contributed by atoms with Crippen molar-refractivity contribution in [1.82, 2.24) is 10.6 Å². The summed E-state index contributed by atoms with van der Waals surface area (Å²) < 4.78 is 5.54. The summed E-state index contributed by atoms with van der Waals surface area (Å²) in [5, 5.41) is 6.72. The lowest BCUT2D eigenvalue weighted by atomic mass is 9.79. The van der Waals surface area contributed by atoms with Crippen LogP contribution in [0.25, 0.3) is 0 Å². The predicted octanol–water partition coefficient (Wildman–Crippen LogP) is 2.23. The van der Waals surface area contributed by atoms with Gasteiger partial charge in [-0.25, -0.2) is 0 Å². The van der Waals surface area contributed by atoms with E-state index in [4.69, 9.17) is 4.74 Å². The van der Waals surface area contributed by atoms with Crippen LogP contribution in [0.3, 0.4) is 0 Å². The van der Waals surface area contributed by atoms with Crippen LogP contribution in [-0.2, 0) is 9.53 Å². The Labute approximate surface area is 123 Å². The molecule has 2 fully saturated rings. The molecule has 0 atom stereocenters. The molecule has 4 heteroatoms.